The second kappa shape index (κ2) is 4.64. The number of esters is 2. The van der Waals surface area contributed by atoms with Crippen molar-refractivity contribution in [2.45, 2.75) is 24.5 Å². The minimum Gasteiger partial charge on any atom is -0.393 e. The molecule has 0 aliphatic carbocycles. The molecule has 3 aliphatic heterocycles. The number of hydrogen-bond donors (Lipinski definition) is 1. The van der Waals surface area contributed by atoms with E-state index in [1.54, 1.807) is 24.3 Å². The highest BCUT2D eigenvalue weighted by molar-refractivity contribution is 5.99. The van der Waals surface area contributed by atoms with Crippen molar-refractivity contribution >= 4 is 17.8 Å². The van der Waals surface area contributed by atoms with Gasteiger partial charge in [0, 0.05) is 12.1 Å². The molecule has 0 unspecified atom stereocenters. The molecule has 114 valence electrons. The van der Waals surface area contributed by atoms with Gasteiger partial charge in [-0.05, 0) is 25.0 Å². The van der Waals surface area contributed by atoms with E-state index in [1.807, 2.05) is 6.07 Å². The number of nitrogens with one attached hydrogen (secondary N) is 1. The van der Waals surface area contributed by atoms with Crippen LogP contribution < -0.4 is 5.32 Å². The number of fused-ring (bicyclic) bond motifs is 5. The van der Waals surface area contributed by atoms with Gasteiger partial charge in [0.05, 0.1) is 12.0 Å². The number of hydrogen-bond acceptors (Lipinski definition) is 5. The summed E-state index contributed by atoms with van der Waals surface area (Å²) in [4.78, 5) is 35.8. The molecule has 22 heavy (non-hydrogen) atoms. The van der Waals surface area contributed by atoms with Gasteiger partial charge in [-0.3, -0.25) is 14.4 Å². The second-order valence-electron chi connectivity index (χ2n) is 6.05. The van der Waals surface area contributed by atoms with Gasteiger partial charge in [-0.1, -0.05) is 18.2 Å². The van der Waals surface area contributed by atoms with E-state index in [2.05, 4.69) is 5.32 Å². The van der Waals surface area contributed by atoms with Crippen LogP contribution in [0, 0.1) is 11.8 Å². The Labute approximate surface area is 126 Å². The summed E-state index contributed by atoms with van der Waals surface area (Å²) in [6.07, 6.45) is 1.10. The summed E-state index contributed by atoms with van der Waals surface area (Å²) in [5.41, 5.74) is -0.253. The van der Waals surface area contributed by atoms with Crippen molar-refractivity contribution in [1.29, 1.82) is 0 Å². The van der Waals surface area contributed by atoms with E-state index in [1.165, 1.54) is 0 Å². The Kier molecular flexibility index (Phi) is 2.84. The summed E-state index contributed by atoms with van der Waals surface area (Å²) in [5, 5.41) is 2.82. The summed E-state index contributed by atoms with van der Waals surface area (Å²) in [5.74, 6) is -2.32. The molecule has 0 spiro atoms. The minimum atomic E-state index is -0.803. The number of rotatable bonds is 3. The third-order valence-corrected chi connectivity index (χ3v) is 4.88. The van der Waals surface area contributed by atoms with Crippen LogP contribution in [-0.2, 0) is 19.1 Å². The number of carbonyl (C=O) groups is 3. The number of benzene rings is 1. The summed E-state index contributed by atoms with van der Waals surface area (Å²) in [7, 11) is 0. The topological polar surface area (TPSA) is 81.7 Å². The molecule has 1 N–H and O–H groups in total. The maximum Gasteiger partial charge on any atom is 0.320 e. The highest BCUT2D eigenvalue weighted by atomic mass is 16.6. The van der Waals surface area contributed by atoms with Crippen LogP contribution in [0.3, 0.4) is 0 Å². The van der Waals surface area contributed by atoms with Crippen molar-refractivity contribution in [3.8, 4) is 0 Å². The lowest BCUT2D eigenvalue weighted by molar-refractivity contribution is -0.158. The fourth-order valence-electron chi connectivity index (χ4n) is 3.87. The number of carbonyl (C=O) groups excluding carboxylic acids is 3. The van der Waals surface area contributed by atoms with Crippen LogP contribution in [0.4, 0.5) is 0 Å². The Balaban J connectivity index is 1.52. The Morgan fingerprint density at radius 2 is 2.00 bits per heavy atom. The summed E-state index contributed by atoms with van der Waals surface area (Å²) in [6.45, 7) is 0.209. The van der Waals surface area contributed by atoms with Crippen molar-refractivity contribution in [3.63, 3.8) is 0 Å². The van der Waals surface area contributed by atoms with Crippen LogP contribution in [-0.4, -0.2) is 36.1 Å². The first-order valence-electron chi connectivity index (χ1n) is 7.37. The molecule has 4 rings (SSSR count). The standard InChI is InChI=1S/C16H15NO5/c18-13(9-4-2-1-3-5-9)17-8-16-7-6-10(22-16)11-12(16)15(20)21-14(11)19/h1-5,10-12H,6-8H2,(H,17,18)/t10-,11+,12+,16+/m0/s1. The second-order valence-corrected chi connectivity index (χ2v) is 6.05. The van der Waals surface area contributed by atoms with Gasteiger partial charge in [-0.2, -0.15) is 0 Å². The van der Waals surface area contributed by atoms with E-state index in [9.17, 15) is 14.4 Å². The van der Waals surface area contributed by atoms with Gasteiger partial charge in [0.15, 0.2) is 0 Å². The minimum absolute atomic E-state index is 0.209. The largest absolute Gasteiger partial charge is 0.393 e. The van der Waals surface area contributed by atoms with E-state index < -0.39 is 29.4 Å². The number of amides is 1. The average Bonchev–Trinajstić information content (AvgIpc) is 3.18. The van der Waals surface area contributed by atoms with Gasteiger partial charge in [-0.25, -0.2) is 0 Å². The van der Waals surface area contributed by atoms with Crippen molar-refractivity contribution in [2.75, 3.05) is 6.54 Å². The third-order valence-electron chi connectivity index (χ3n) is 4.88. The van der Waals surface area contributed by atoms with Gasteiger partial charge >= 0.3 is 11.9 Å². The lowest BCUT2D eigenvalue weighted by atomic mass is 9.73. The smallest absolute Gasteiger partial charge is 0.320 e. The molecule has 6 heteroatoms. The van der Waals surface area contributed by atoms with E-state index in [-0.39, 0.29) is 18.6 Å². The van der Waals surface area contributed by atoms with Gasteiger partial charge in [0.2, 0.25) is 0 Å². The van der Waals surface area contributed by atoms with Crippen molar-refractivity contribution < 1.29 is 23.9 Å². The van der Waals surface area contributed by atoms with Crippen LogP contribution in [0.1, 0.15) is 23.2 Å². The fraction of sp³-hybridized carbons (Fsp3) is 0.438. The lowest BCUT2D eigenvalue weighted by Crippen LogP contribution is -2.49. The van der Waals surface area contributed by atoms with Crippen LogP contribution in [0.25, 0.3) is 0 Å². The third kappa shape index (κ3) is 1.80. The molecule has 1 amide bonds. The first-order valence-corrected chi connectivity index (χ1v) is 7.37. The molecule has 4 atom stereocenters. The normalized spacial score (nSPS) is 35.4. The molecule has 3 heterocycles. The average molecular weight is 301 g/mol. The molecular weight excluding hydrogens is 286 g/mol. The Bertz CT molecular complexity index is 658. The molecule has 1 aromatic rings. The predicted octanol–water partition coefficient (Wildman–Crippen LogP) is 0.664. The van der Waals surface area contributed by atoms with Gasteiger partial charge < -0.3 is 14.8 Å². The first-order chi connectivity index (χ1) is 10.6. The van der Waals surface area contributed by atoms with E-state index in [4.69, 9.17) is 9.47 Å². The van der Waals surface area contributed by atoms with Crippen LogP contribution in [0.15, 0.2) is 30.3 Å². The molecule has 3 aliphatic rings. The first kappa shape index (κ1) is 13.5. The molecule has 1 aromatic carbocycles. The quantitative estimate of drug-likeness (QED) is 0.655. The maximum atomic E-state index is 12.2. The van der Waals surface area contributed by atoms with Gasteiger partial charge in [0.1, 0.15) is 11.5 Å². The van der Waals surface area contributed by atoms with Crippen LogP contribution in [0.5, 0.6) is 0 Å². The molecule has 3 fully saturated rings. The van der Waals surface area contributed by atoms with Gasteiger partial charge in [-0.15, -0.1) is 0 Å². The van der Waals surface area contributed by atoms with Gasteiger partial charge in [0.25, 0.3) is 5.91 Å². The zero-order valence-corrected chi connectivity index (χ0v) is 11.8. The molecule has 3 saturated heterocycles. The van der Waals surface area contributed by atoms with Crippen molar-refractivity contribution in [3.05, 3.63) is 35.9 Å². The lowest BCUT2D eigenvalue weighted by Gasteiger charge is -2.29. The monoisotopic (exact) mass is 301 g/mol. The zero-order chi connectivity index (χ0) is 15.3. The highest BCUT2D eigenvalue weighted by Gasteiger charge is 2.68. The molecule has 0 saturated carbocycles. The van der Waals surface area contributed by atoms with Crippen LogP contribution >= 0.6 is 0 Å². The summed E-state index contributed by atoms with van der Waals surface area (Å²) >= 11 is 0. The molecule has 6 nitrogen and oxygen atoms in total. The van der Waals surface area contributed by atoms with Crippen molar-refractivity contribution in [1.82, 2.24) is 5.32 Å². The van der Waals surface area contributed by atoms with Crippen LogP contribution in [0.2, 0.25) is 0 Å². The highest BCUT2D eigenvalue weighted by Crippen LogP contribution is 2.54. The zero-order valence-electron chi connectivity index (χ0n) is 11.8. The molecule has 0 aromatic heterocycles. The fourth-order valence-corrected chi connectivity index (χ4v) is 3.87. The predicted molar refractivity (Wildman–Crippen MR) is 73.7 cm³/mol. The van der Waals surface area contributed by atoms with E-state index >= 15 is 0 Å². The molecular formula is C16H15NO5. The maximum absolute atomic E-state index is 12.2. The number of cyclic esters (lactones) is 2. The SMILES string of the molecule is O=C(NC[C@@]12CC[C@H](O1)[C@H]1C(=O)OC(=O)[C@@H]12)c1ccccc1. The summed E-state index contributed by atoms with van der Waals surface area (Å²) < 4.78 is 10.7. The molecule has 0 radical (unpaired) electrons. The molecule has 2 bridgehead atoms. The van der Waals surface area contributed by atoms with Crippen molar-refractivity contribution in [2.24, 2.45) is 11.8 Å². The Morgan fingerprint density at radius 1 is 1.23 bits per heavy atom. The Hall–Kier alpha value is -2.21. The Morgan fingerprint density at radius 3 is 2.77 bits per heavy atom. The van der Waals surface area contributed by atoms with E-state index in [0.717, 1.165) is 0 Å². The number of ether oxygens (including phenoxy) is 2. The van der Waals surface area contributed by atoms with E-state index in [0.29, 0.717) is 18.4 Å². The summed E-state index contributed by atoms with van der Waals surface area (Å²) in [6, 6.07) is 8.84.